The van der Waals surface area contributed by atoms with Gasteiger partial charge in [-0.1, -0.05) is 17.3 Å². The maximum atomic E-state index is 13.0. The van der Waals surface area contributed by atoms with E-state index in [0.29, 0.717) is 18.7 Å². The van der Waals surface area contributed by atoms with Crippen molar-refractivity contribution >= 4 is 5.91 Å². The maximum absolute atomic E-state index is 13.0. The van der Waals surface area contributed by atoms with Crippen molar-refractivity contribution in [2.24, 2.45) is 0 Å². The number of aryl methyl sites for hydroxylation is 1. The third kappa shape index (κ3) is 3.39. The van der Waals surface area contributed by atoms with Crippen LogP contribution < -0.4 is 0 Å². The second kappa shape index (κ2) is 7.13. The summed E-state index contributed by atoms with van der Waals surface area (Å²) >= 11 is 0. The smallest absolute Gasteiger partial charge is 0.256 e. The molecule has 7 heteroatoms. The van der Waals surface area contributed by atoms with Gasteiger partial charge in [-0.2, -0.15) is 5.10 Å². The van der Waals surface area contributed by atoms with E-state index in [1.165, 1.54) is 0 Å². The lowest BCUT2D eigenvalue weighted by Crippen LogP contribution is -2.48. The Balaban J connectivity index is 1.43. The highest BCUT2D eigenvalue weighted by molar-refractivity contribution is 5.97. The van der Waals surface area contributed by atoms with Gasteiger partial charge in [-0.15, -0.1) is 0 Å². The number of hydrogen-bond acceptors (Lipinski definition) is 5. The molecule has 0 radical (unpaired) electrons. The Labute approximate surface area is 151 Å². The molecule has 0 unspecified atom stereocenters. The quantitative estimate of drug-likeness (QED) is 0.720. The van der Waals surface area contributed by atoms with E-state index >= 15 is 0 Å². The minimum atomic E-state index is 0.0475. The Bertz CT molecular complexity index is 879. The number of aromatic nitrogens is 3. The fraction of sp³-hybridized carbons (Fsp3) is 0.316. The summed E-state index contributed by atoms with van der Waals surface area (Å²) in [6.45, 7) is 5.66. The average molecular weight is 351 g/mol. The lowest BCUT2D eigenvalue weighted by Gasteiger charge is -2.34. The molecule has 0 N–H and O–H groups in total. The van der Waals surface area contributed by atoms with Crippen molar-refractivity contribution in [3.05, 3.63) is 65.8 Å². The van der Waals surface area contributed by atoms with Crippen molar-refractivity contribution in [1.82, 2.24) is 24.7 Å². The molecule has 0 bridgehead atoms. The second-order valence-corrected chi connectivity index (χ2v) is 6.47. The zero-order valence-electron chi connectivity index (χ0n) is 14.7. The molecule has 3 heterocycles. The first kappa shape index (κ1) is 16.5. The molecule has 26 heavy (non-hydrogen) atoms. The van der Waals surface area contributed by atoms with Crippen LogP contribution in [0.2, 0.25) is 0 Å². The number of rotatable bonds is 4. The predicted octanol–water partition coefficient (Wildman–Crippen LogP) is 2.13. The molecule has 3 aromatic rings. The van der Waals surface area contributed by atoms with Crippen LogP contribution in [0.4, 0.5) is 0 Å². The van der Waals surface area contributed by atoms with Crippen molar-refractivity contribution in [2.45, 2.75) is 13.5 Å². The molecular weight excluding hydrogens is 330 g/mol. The summed E-state index contributed by atoms with van der Waals surface area (Å²) in [7, 11) is 0. The van der Waals surface area contributed by atoms with Crippen LogP contribution in [-0.2, 0) is 6.54 Å². The van der Waals surface area contributed by atoms with E-state index in [1.54, 1.807) is 10.9 Å². The molecule has 1 aliphatic heterocycles. The zero-order chi connectivity index (χ0) is 17.9. The normalized spacial score (nSPS) is 15.3. The van der Waals surface area contributed by atoms with E-state index in [4.69, 9.17) is 4.52 Å². The first-order valence-electron chi connectivity index (χ1n) is 8.73. The van der Waals surface area contributed by atoms with Crippen LogP contribution in [0.3, 0.4) is 0 Å². The topological polar surface area (TPSA) is 67.4 Å². The Morgan fingerprint density at radius 2 is 1.96 bits per heavy atom. The van der Waals surface area contributed by atoms with E-state index in [0.717, 1.165) is 36.8 Å². The Kier molecular flexibility index (Phi) is 4.53. The summed E-state index contributed by atoms with van der Waals surface area (Å²) in [6, 6.07) is 11.4. The second-order valence-electron chi connectivity index (χ2n) is 6.47. The maximum Gasteiger partial charge on any atom is 0.256 e. The number of para-hydroxylation sites is 1. The minimum absolute atomic E-state index is 0.0475. The van der Waals surface area contributed by atoms with E-state index in [1.807, 2.05) is 54.4 Å². The van der Waals surface area contributed by atoms with Gasteiger partial charge in [0.15, 0.2) is 5.76 Å². The van der Waals surface area contributed by atoms with Crippen molar-refractivity contribution in [2.75, 3.05) is 26.2 Å². The van der Waals surface area contributed by atoms with Gasteiger partial charge in [-0.3, -0.25) is 9.69 Å². The number of nitrogens with zero attached hydrogens (tertiary/aromatic N) is 5. The van der Waals surface area contributed by atoms with Gasteiger partial charge in [0, 0.05) is 44.6 Å². The van der Waals surface area contributed by atoms with E-state index in [-0.39, 0.29) is 5.91 Å². The summed E-state index contributed by atoms with van der Waals surface area (Å²) in [4.78, 5) is 17.2. The monoisotopic (exact) mass is 351 g/mol. The van der Waals surface area contributed by atoms with Gasteiger partial charge in [0.25, 0.3) is 5.91 Å². The number of piperazine rings is 1. The highest BCUT2D eigenvalue weighted by Crippen LogP contribution is 2.18. The van der Waals surface area contributed by atoms with Gasteiger partial charge in [0.1, 0.15) is 0 Å². The third-order valence-corrected chi connectivity index (χ3v) is 4.60. The first-order chi connectivity index (χ1) is 12.7. The van der Waals surface area contributed by atoms with Crippen LogP contribution in [0, 0.1) is 6.92 Å². The van der Waals surface area contributed by atoms with Gasteiger partial charge in [-0.05, 0) is 25.1 Å². The van der Waals surface area contributed by atoms with Crippen LogP contribution in [0.1, 0.15) is 21.8 Å². The van der Waals surface area contributed by atoms with Crippen LogP contribution in [-0.4, -0.2) is 56.8 Å². The molecule has 134 valence electrons. The van der Waals surface area contributed by atoms with Crippen molar-refractivity contribution in [1.29, 1.82) is 0 Å². The largest absolute Gasteiger partial charge is 0.360 e. The highest BCUT2D eigenvalue weighted by atomic mass is 16.5. The fourth-order valence-electron chi connectivity index (χ4n) is 3.26. The van der Waals surface area contributed by atoms with Crippen LogP contribution >= 0.6 is 0 Å². The summed E-state index contributed by atoms with van der Waals surface area (Å²) in [5, 5.41) is 8.18. The van der Waals surface area contributed by atoms with Crippen molar-refractivity contribution in [3.8, 4) is 5.69 Å². The van der Waals surface area contributed by atoms with Crippen molar-refractivity contribution in [3.63, 3.8) is 0 Å². The Hall–Kier alpha value is -2.93. The lowest BCUT2D eigenvalue weighted by atomic mass is 10.1. The predicted molar refractivity (Wildman–Crippen MR) is 96.0 cm³/mol. The van der Waals surface area contributed by atoms with Gasteiger partial charge >= 0.3 is 0 Å². The van der Waals surface area contributed by atoms with Crippen LogP contribution in [0.15, 0.2) is 53.3 Å². The first-order valence-corrected chi connectivity index (χ1v) is 8.73. The number of carbonyl (C=O) groups excluding carboxylic acids is 1. The Morgan fingerprint density at radius 1 is 1.15 bits per heavy atom. The van der Waals surface area contributed by atoms with E-state index in [2.05, 4.69) is 15.2 Å². The van der Waals surface area contributed by atoms with Gasteiger partial charge in [0.2, 0.25) is 0 Å². The molecule has 4 rings (SSSR count). The standard InChI is InChI=1S/C19H21N5O2/c1-15-13-16(26-21-15)14-22-9-11-23(12-10-22)19(25)17-5-2-3-6-18(17)24-8-4-7-20-24/h2-8,13H,9-12,14H2,1H3. The Morgan fingerprint density at radius 3 is 2.65 bits per heavy atom. The van der Waals surface area contributed by atoms with Crippen molar-refractivity contribution < 1.29 is 9.32 Å². The molecule has 7 nitrogen and oxygen atoms in total. The number of amides is 1. The van der Waals surface area contributed by atoms with Gasteiger partial charge in [-0.25, -0.2) is 4.68 Å². The fourth-order valence-corrected chi connectivity index (χ4v) is 3.26. The lowest BCUT2D eigenvalue weighted by molar-refractivity contribution is 0.0617. The summed E-state index contributed by atoms with van der Waals surface area (Å²) in [5.41, 5.74) is 2.38. The van der Waals surface area contributed by atoms with E-state index < -0.39 is 0 Å². The molecular formula is C19H21N5O2. The summed E-state index contributed by atoms with van der Waals surface area (Å²) in [5.74, 6) is 0.914. The van der Waals surface area contributed by atoms with E-state index in [9.17, 15) is 4.79 Å². The summed E-state index contributed by atoms with van der Waals surface area (Å²) < 4.78 is 7.02. The van der Waals surface area contributed by atoms with Crippen LogP contribution in [0.25, 0.3) is 5.69 Å². The average Bonchev–Trinajstić information content (AvgIpc) is 3.34. The molecule has 1 aliphatic rings. The molecule has 0 atom stereocenters. The molecule has 1 saturated heterocycles. The molecule has 0 saturated carbocycles. The number of benzene rings is 1. The number of hydrogen-bond donors (Lipinski definition) is 0. The molecule has 0 aliphatic carbocycles. The molecule has 1 aromatic carbocycles. The minimum Gasteiger partial charge on any atom is -0.360 e. The molecule has 1 amide bonds. The zero-order valence-corrected chi connectivity index (χ0v) is 14.7. The molecule has 0 spiro atoms. The number of carbonyl (C=O) groups is 1. The molecule has 1 fully saturated rings. The van der Waals surface area contributed by atoms with Crippen LogP contribution in [0.5, 0.6) is 0 Å². The highest BCUT2D eigenvalue weighted by Gasteiger charge is 2.24. The third-order valence-electron chi connectivity index (χ3n) is 4.60. The summed E-state index contributed by atoms with van der Waals surface area (Å²) in [6.07, 6.45) is 3.56. The van der Waals surface area contributed by atoms with Gasteiger partial charge < -0.3 is 9.42 Å². The van der Waals surface area contributed by atoms with Gasteiger partial charge in [0.05, 0.1) is 23.5 Å². The SMILES string of the molecule is Cc1cc(CN2CCN(C(=O)c3ccccc3-n3cccn3)CC2)on1. The molecule has 2 aromatic heterocycles.